The third kappa shape index (κ3) is 4.92. The largest absolute Gasteiger partial charge is 0.497 e. The van der Waals surface area contributed by atoms with Crippen molar-refractivity contribution in [2.45, 2.75) is 30.8 Å². The molecule has 5 rings (SSSR count). The minimum Gasteiger partial charge on any atom is -0.497 e. The van der Waals surface area contributed by atoms with E-state index in [4.69, 9.17) is 9.47 Å². The topological polar surface area (TPSA) is 93.3 Å². The van der Waals surface area contributed by atoms with Crippen LogP contribution in [0.15, 0.2) is 51.7 Å². The molecule has 1 amide bonds. The molecule has 9 heteroatoms. The lowest BCUT2D eigenvalue weighted by atomic mass is 9.89. The number of anilines is 1. The zero-order valence-corrected chi connectivity index (χ0v) is 21.1. The number of aromatic nitrogens is 2. The summed E-state index contributed by atoms with van der Waals surface area (Å²) in [5, 5.41) is 5.83. The SMILES string of the molecule is COc1ccc(OC)c(NC(=O)CSc2nc3scc(-c4ccc5c(c4)CCCC5)c3c(=O)[nH]2)c1. The first-order valence-corrected chi connectivity index (χ1v) is 13.2. The molecule has 4 aromatic rings. The molecule has 7 nitrogen and oxygen atoms in total. The standard InChI is InChI=1S/C26H25N3O4S2/c1-32-18-9-10-21(33-2)20(12-18)27-22(30)14-35-26-28-24(31)23-19(13-34-25(23)29-26)17-8-7-15-5-3-4-6-16(15)11-17/h7-13H,3-6,14H2,1-2H3,(H,27,30)(H,28,29,31). The van der Waals surface area contributed by atoms with Crippen molar-refractivity contribution in [2.24, 2.45) is 0 Å². The van der Waals surface area contributed by atoms with Crippen LogP contribution in [0, 0.1) is 0 Å². The van der Waals surface area contributed by atoms with Crippen molar-refractivity contribution in [3.8, 4) is 22.6 Å². The van der Waals surface area contributed by atoms with Crippen molar-refractivity contribution in [3.63, 3.8) is 0 Å². The second-order valence-corrected chi connectivity index (χ2v) is 10.1. The van der Waals surface area contributed by atoms with E-state index in [-0.39, 0.29) is 17.2 Å². The number of benzene rings is 2. The number of nitrogens with zero attached hydrogens (tertiary/aromatic N) is 1. The van der Waals surface area contributed by atoms with Gasteiger partial charge in [0.15, 0.2) is 5.16 Å². The van der Waals surface area contributed by atoms with Gasteiger partial charge in [0.1, 0.15) is 16.3 Å². The lowest BCUT2D eigenvalue weighted by molar-refractivity contribution is -0.113. The minimum absolute atomic E-state index is 0.0812. The quantitative estimate of drug-likeness (QED) is 0.261. The summed E-state index contributed by atoms with van der Waals surface area (Å²) in [6.07, 6.45) is 4.66. The Morgan fingerprint density at radius 1 is 1.11 bits per heavy atom. The maximum Gasteiger partial charge on any atom is 0.260 e. The summed E-state index contributed by atoms with van der Waals surface area (Å²) in [7, 11) is 3.10. The van der Waals surface area contributed by atoms with Crippen LogP contribution in [0.1, 0.15) is 24.0 Å². The summed E-state index contributed by atoms with van der Waals surface area (Å²) < 4.78 is 10.5. The Hall–Kier alpha value is -3.30. The lowest BCUT2D eigenvalue weighted by Crippen LogP contribution is -2.16. The Morgan fingerprint density at radius 2 is 1.94 bits per heavy atom. The number of hydrogen-bond acceptors (Lipinski definition) is 7. The van der Waals surface area contributed by atoms with E-state index in [0.29, 0.717) is 32.6 Å². The number of thioether (sulfide) groups is 1. The van der Waals surface area contributed by atoms with Gasteiger partial charge in [0.05, 0.1) is 31.0 Å². The predicted molar refractivity (Wildman–Crippen MR) is 141 cm³/mol. The van der Waals surface area contributed by atoms with Gasteiger partial charge >= 0.3 is 0 Å². The summed E-state index contributed by atoms with van der Waals surface area (Å²) in [4.78, 5) is 33.7. The number of rotatable bonds is 7. The fraction of sp³-hybridized carbons (Fsp3) is 0.269. The van der Waals surface area contributed by atoms with Gasteiger partial charge in [-0.15, -0.1) is 11.3 Å². The molecular weight excluding hydrogens is 482 g/mol. The van der Waals surface area contributed by atoms with Crippen LogP contribution >= 0.6 is 23.1 Å². The number of ether oxygens (including phenoxy) is 2. The van der Waals surface area contributed by atoms with Gasteiger partial charge in [0.25, 0.3) is 5.56 Å². The Bertz CT molecular complexity index is 1460. The molecule has 0 atom stereocenters. The van der Waals surface area contributed by atoms with Gasteiger partial charge in [-0.3, -0.25) is 9.59 Å². The van der Waals surface area contributed by atoms with E-state index >= 15 is 0 Å². The number of aromatic amines is 1. The number of carbonyl (C=O) groups is 1. The number of H-pyrrole nitrogens is 1. The Kier molecular flexibility index (Phi) is 6.79. The average Bonchev–Trinajstić information content (AvgIpc) is 3.32. The molecule has 2 heterocycles. The van der Waals surface area contributed by atoms with E-state index in [1.54, 1.807) is 25.3 Å². The first-order valence-electron chi connectivity index (χ1n) is 11.3. The van der Waals surface area contributed by atoms with Crippen molar-refractivity contribution in [3.05, 3.63) is 63.3 Å². The molecule has 2 aromatic heterocycles. The van der Waals surface area contributed by atoms with E-state index < -0.39 is 0 Å². The second-order valence-electron chi connectivity index (χ2n) is 8.29. The smallest absolute Gasteiger partial charge is 0.260 e. The molecule has 0 aliphatic heterocycles. The van der Waals surface area contributed by atoms with Crippen LogP contribution in [0.4, 0.5) is 5.69 Å². The van der Waals surface area contributed by atoms with Crippen LogP contribution in [0.5, 0.6) is 11.5 Å². The summed E-state index contributed by atoms with van der Waals surface area (Å²) in [6, 6.07) is 11.7. The number of methoxy groups -OCH3 is 2. The van der Waals surface area contributed by atoms with Crippen LogP contribution in [0.25, 0.3) is 21.3 Å². The molecule has 2 aromatic carbocycles. The number of hydrogen-bond donors (Lipinski definition) is 2. The highest BCUT2D eigenvalue weighted by atomic mass is 32.2. The number of carbonyl (C=O) groups excluding carboxylic acids is 1. The summed E-state index contributed by atoms with van der Waals surface area (Å²) in [5.74, 6) is 0.978. The number of thiophene rings is 1. The molecule has 0 fully saturated rings. The van der Waals surface area contributed by atoms with Gasteiger partial charge in [-0.1, -0.05) is 30.0 Å². The van der Waals surface area contributed by atoms with E-state index in [2.05, 4.69) is 33.5 Å². The monoisotopic (exact) mass is 507 g/mol. The molecule has 2 N–H and O–H groups in total. The highest BCUT2D eigenvalue weighted by Gasteiger charge is 2.17. The molecule has 0 bridgehead atoms. The maximum absolute atomic E-state index is 13.0. The van der Waals surface area contributed by atoms with E-state index in [1.165, 1.54) is 54.2 Å². The first-order chi connectivity index (χ1) is 17.1. The molecule has 0 unspecified atom stereocenters. The lowest BCUT2D eigenvalue weighted by Gasteiger charge is -2.16. The van der Waals surface area contributed by atoms with Crippen LogP contribution in [-0.4, -0.2) is 35.8 Å². The molecule has 35 heavy (non-hydrogen) atoms. The fourth-order valence-corrected chi connectivity index (χ4v) is 6.01. The zero-order valence-electron chi connectivity index (χ0n) is 19.5. The summed E-state index contributed by atoms with van der Waals surface area (Å²) in [5.41, 5.74) is 5.07. The van der Waals surface area contributed by atoms with Gasteiger partial charge in [-0.25, -0.2) is 4.98 Å². The Balaban J connectivity index is 1.33. The van der Waals surface area contributed by atoms with Crippen molar-refractivity contribution < 1.29 is 14.3 Å². The summed E-state index contributed by atoms with van der Waals surface area (Å²) in [6.45, 7) is 0. The van der Waals surface area contributed by atoms with Crippen molar-refractivity contribution >= 4 is 44.9 Å². The number of nitrogens with one attached hydrogen (secondary N) is 2. The maximum atomic E-state index is 13.0. The third-order valence-corrected chi connectivity index (χ3v) is 7.85. The average molecular weight is 508 g/mol. The zero-order chi connectivity index (χ0) is 24.4. The van der Waals surface area contributed by atoms with Gasteiger partial charge in [0, 0.05) is 17.0 Å². The van der Waals surface area contributed by atoms with Gasteiger partial charge < -0.3 is 19.8 Å². The third-order valence-electron chi connectivity index (χ3n) is 6.10. The molecule has 180 valence electrons. The molecule has 0 saturated heterocycles. The number of aryl methyl sites for hydroxylation is 2. The van der Waals surface area contributed by atoms with Crippen molar-refractivity contribution in [2.75, 3.05) is 25.3 Å². The van der Waals surface area contributed by atoms with Gasteiger partial charge in [-0.2, -0.15) is 0 Å². The van der Waals surface area contributed by atoms with E-state index in [9.17, 15) is 9.59 Å². The molecular formula is C26H25N3O4S2. The first kappa shape index (κ1) is 23.4. The van der Waals surface area contributed by atoms with Crippen molar-refractivity contribution in [1.29, 1.82) is 0 Å². The predicted octanol–water partition coefficient (Wildman–Crippen LogP) is 5.28. The molecule has 0 spiro atoms. The molecule has 1 aliphatic rings. The van der Waals surface area contributed by atoms with Crippen LogP contribution in [-0.2, 0) is 17.6 Å². The highest BCUT2D eigenvalue weighted by Crippen LogP contribution is 2.34. The number of amides is 1. The van der Waals surface area contributed by atoms with Crippen LogP contribution in [0.3, 0.4) is 0 Å². The van der Waals surface area contributed by atoms with Gasteiger partial charge in [0.2, 0.25) is 5.91 Å². The van der Waals surface area contributed by atoms with Crippen molar-refractivity contribution in [1.82, 2.24) is 9.97 Å². The van der Waals surface area contributed by atoms with Gasteiger partial charge in [-0.05, 0) is 54.5 Å². The Labute approximate surface area is 210 Å². The summed E-state index contributed by atoms with van der Waals surface area (Å²) >= 11 is 2.62. The van der Waals surface area contributed by atoms with Crippen LogP contribution < -0.4 is 20.3 Å². The fourth-order valence-electron chi connectivity index (χ4n) is 4.34. The van der Waals surface area contributed by atoms with E-state index in [1.807, 2.05) is 5.38 Å². The normalized spacial score (nSPS) is 12.9. The highest BCUT2D eigenvalue weighted by molar-refractivity contribution is 7.99. The molecule has 0 saturated carbocycles. The van der Waals surface area contributed by atoms with E-state index in [0.717, 1.165) is 24.0 Å². The molecule has 0 radical (unpaired) electrons. The Morgan fingerprint density at radius 3 is 2.74 bits per heavy atom. The molecule has 1 aliphatic carbocycles. The number of fused-ring (bicyclic) bond motifs is 2. The minimum atomic E-state index is -0.245. The second kappa shape index (κ2) is 10.1. The van der Waals surface area contributed by atoms with Crippen LogP contribution in [0.2, 0.25) is 0 Å².